The van der Waals surface area contributed by atoms with Crippen LogP contribution in [0.4, 0.5) is 5.69 Å². The van der Waals surface area contributed by atoms with E-state index in [2.05, 4.69) is 10.6 Å². The Morgan fingerprint density at radius 1 is 1.29 bits per heavy atom. The number of carbonyl (C=O) groups excluding carboxylic acids is 1. The highest BCUT2D eigenvalue weighted by atomic mass is 32.2. The first-order valence-electron chi connectivity index (χ1n) is 4.34. The summed E-state index contributed by atoms with van der Waals surface area (Å²) in [5.74, 6) is 0.00806. The maximum absolute atomic E-state index is 11.8. The van der Waals surface area contributed by atoms with Gasteiger partial charge in [0.1, 0.15) is 0 Å². The van der Waals surface area contributed by atoms with Crippen LogP contribution in [0.1, 0.15) is 5.56 Å². The van der Waals surface area contributed by atoms with Crippen LogP contribution in [0.15, 0.2) is 35.9 Å². The molecule has 3 nitrogen and oxygen atoms in total. The quantitative estimate of drug-likeness (QED) is 0.674. The van der Waals surface area contributed by atoms with Crippen molar-refractivity contribution in [3.63, 3.8) is 0 Å². The lowest BCUT2D eigenvalue weighted by Gasteiger charge is -2.20. The van der Waals surface area contributed by atoms with Crippen LogP contribution in [-0.2, 0) is 9.67 Å². The van der Waals surface area contributed by atoms with Crippen molar-refractivity contribution in [2.45, 2.75) is 4.87 Å². The van der Waals surface area contributed by atoms with Crippen LogP contribution in [0.3, 0.4) is 0 Å². The number of thioether (sulfide) groups is 1. The summed E-state index contributed by atoms with van der Waals surface area (Å²) in [4.78, 5) is 11.2. The molecule has 0 aromatic heterocycles. The van der Waals surface area contributed by atoms with E-state index in [0.717, 1.165) is 11.3 Å². The van der Waals surface area contributed by atoms with Gasteiger partial charge in [-0.1, -0.05) is 30.0 Å². The van der Waals surface area contributed by atoms with Gasteiger partial charge in [0.2, 0.25) is 0 Å². The van der Waals surface area contributed by atoms with Crippen LogP contribution in [0, 0.1) is 0 Å². The lowest BCUT2D eigenvalue weighted by molar-refractivity contribution is -0.118. The number of benzene rings is 1. The molecule has 2 heterocycles. The van der Waals surface area contributed by atoms with Gasteiger partial charge in [-0.15, -0.1) is 0 Å². The fourth-order valence-electron chi connectivity index (χ4n) is 1.81. The Labute approximate surface area is 85.6 Å². The molecule has 2 N–H and O–H groups in total. The third-order valence-corrected chi connectivity index (χ3v) is 3.62. The molecule has 1 atom stereocenters. The molecule has 0 bridgehead atoms. The second-order valence-corrected chi connectivity index (χ2v) is 4.37. The van der Waals surface area contributed by atoms with Crippen molar-refractivity contribution in [2.24, 2.45) is 0 Å². The molecule has 0 saturated heterocycles. The number of rotatable bonds is 0. The highest BCUT2D eigenvalue weighted by Crippen LogP contribution is 2.46. The van der Waals surface area contributed by atoms with Gasteiger partial charge in [0.25, 0.3) is 5.91 Å². The van der Waals surface area contributed by atoms with Gasteiger partial charge in [-0.05, 0) is 11.5 Å². The Morgan fingerprint density at radius 3 is 2.93 bits per heavy atom. The zero-order valence-electron chi connectivity index (χ0n) is 7.28. The number of amides is 1. The molecule has 1 aromatic rings. The van der Waals surface area contributed by atoms with Crippen LogP contribution in [0.5, 0.6) is 0 Å². The Bertz CT molecular complexity index is 434. The maximum atomic E-state index is 11.8. The number of para-hydroxylation sites is 1. The number of hydrogen-bond acceptors (Lipinski definition) is 3. The van der Waals surface area contributed by atoms with Gasteiger partial charge in [-0.3, -0.25) is 4.79 Å². The largest absolute Gasteiger partial charge is 0.365 e. The van der Waals surface area contributed by atoms with Crippen LogP contribution in [-0.4, -0.2) is 5.91 Å². The van der Waals surface area contributed by atoms with Gasteiger partial charge < -0.3 is 10.6 Å². The second kappa shape index (κ2) is 2.54. The van der Waals surface area contributed by atoms with E-state index in [4.69, 9.17) is 0 Å². The first-order chi connectivity index (χ1) is 6.83. The van der Waals surface area contributed by atoms with E-state index in [1.54, 1.807) is 0 Å². The van der Waals surface area contributed by atoms with Gasteiger partial charge in [0.15, 0.2) is 4.87 Å². The zero-order chi connectivity index (χ0) is 9.60. The van der Waals surface area contributed by atoms with E-state index >= 15 is 0 Å². The smallest absolute Gasteiger partial charge is 0.265 e. The molecule has 0 aliphatic carbocycles. The molecule has 4 heteroatoms. The topological polar surface area (TPSA) is 41.1 Å². The molecular formula is C10H8N2OS. The van der Waals surface area contributed by atoms with E-state index < -0.39 is 4.87 Å². The number of carbonyl (C=O) groups is 1. The molecule has 2 aliphatic rings. The van der Waals surface area contributed by atoms with Gasteiger partial charge in [-0.25, -0.2) is 0 Å². The molecule has 1 spiro atoms. The van der Waals surface area contributed by atoms with Crippen molar-refractivity contribution in [1.82, 2.24) is 5.32 Å². The second-order valence-electron chi connectivity index (χ2n) is 3.25. The Kier molecular flexibility index (Phi) is 1.44. The summed E-state index contributed by atoms with van der Waals surface area (Å²) >= 11 is 1.50. The Hall–Kier alpha value is -1.42. The van der Waals surface area contributed by atoms with Crippen molar-refractivity contribution in [3.05, 3.63) is 41.4 Å². The van der Waals surface area contributed by atoms with E-state index in [1.165, 1.54) is 11.8 Å². The third kappa shape index (κ3) is 0.812. The molecule has 1 amide bonds. The molecule has 0 fully saturated rings. The number of nitrogens with one attached hydrogen (secondary N) is 2. The maximum Gasteiger partial charge on any atom is 0.265 e. The van der Waals surface area contributed by atoms with Crippen LogP contribution in [0.25, 0.3) is 0 Å². The monoisotopic (exact) mass is 204 g/mol. The van der Waals surface area contributed by atoms with E-state index in [9.17, 15) is 4.79 Å². The normalized spacial score (nSPS) is 27.6. The first-order valence-corrected chi connectivity index (χ1v) is 5.22. The van der Waals surface area contributed by atoms with Crippen molar-refractivity contribution >= 4 is 23.4 Å². The lowest BCUT2D eigenvalue weighted by atomic mass is 10.1. The van der Waals surface area contributed by atoms with Crippen LogP contribution < -0.4 is 10.6 Å². The SMILES string of the molecule is O=C1Nc2ccccc2C12NC=CS2. The predicted octanol–water partition coefficient (Wildman–Crippen LogP) is 1.60. The zero-order valence-corrected chi connectivity index (χ0v) is 8.10. The third-order valence-electron chi connectivity index (χ3n) is 2.47. The first kappa shape index (κ1) is 7.94. The molecule has 0 radical (unpaired) electrons. The summed E-state index contributed by atoms with van der Waals surface area (Å²) in [7, 11) is 0. The van der Waals surface area contributed by atoms with Crippen molar-refractivity contribution in [2.75, 3.05) is 5.32 Å². The fourth-order valence-corrected chi connectivity index (χ4v) is 2.75. The van der Waals surface area contributed by atoms with Gasteiger partial charge in [-0.2, -0.15) is 0 Å². The van der Waals surface area contributed by atoms with E-state index in [1.807, 2.05) is 35.9 Å². The Balaban J connectivity index is 2.19. The summed E-state index contributed by atoms with van der Waals surface area (Å²) in [6.07, 6.45) is 1.81. The minimum absolute atomic E-state index is 0.00806. The summed E-state index contributed by atoms with van der Waals surface area (Å²) < 4.78 is 0. The van der Waals surface area contributed by atoms with Gasteiger partial charge >= 0.3 is 0 Å². The summed E-state index contributed by atoms with van der Waals surface area (Å²) in [6, 6.07) is 7.76. The van der Waals surface area contributed by atoms with Crippen molar-refractivity contribution in [1.29, 1.82) is 0 Å². The molecule has 1 aromatic carbocycles. The molecule has 0 saturated carbocycles. The fraction of sp³-hybridized carbons (Fsp3) is 0.100. The minimum atomic E-state index is -0.614. The Morgan fingerprint density at radius 2 is 2.14 bits per heavy atom. The standard InChI is InChI=1S/C10H8N2OS/c13-9-10(11-5-6-14-10)7-3-1-2-4-8(7)12-9/h1-6,11H,(H,12,13). The highest BCUT2D eigenvalue weighted by molar-refractivity contribution is 8.04. The van der Waals surface area contributed by atoms with Crippen molar-refractivity contribution < 1.29 is 4.79 Å². The van der Waals surface area contributed by atoms with Crippen LogP contribution in [0.2, 0.25) is 0 Å². The van der Waals surface area contributed by atoms with Crippen LogP contribution >= 0.6 is 11.8 Å². The van der Waals surface area contributed by atoms with Crippen molar-refractivity contribution in [3.8, 4) is 0 Å². The summed E-state index contributed by atoms with van der Waals surface area (Å²) in [5.41, 5.74) is 1.92. The summed E-state index contributed by atoms with van der Waals surface area (Å²) in [6.45, 7) is 0. The predicted molar refractivity (Wildman–Crippen MR) is 56.6 cm³/mol. The van der Waals surface area contributed by atoms with E-state index in [-0.39, 0.29) is 5.91 Å². The molecule has 1 unspecified atom stereocenters. The number of hydrogen-bond donors (Lipinski definition) is 2. The molecular weight excluding hydrogens is 196 g/mol. The lowest BCUT2D eigenvalue weighted by Crippen LogP contribution is -2.39. The average molecular weight is 204 g/mol. The van der Waals surface area contributed by atoms with Gasteiger partial charge in [0.05, 0.1) is 0 Å². The molecule has 70 valence electrons. The highest BCUT2D eigenvalue weighted by Gasteiger charge is 2.48. The number of fused-ring (bicyclic) bond motifs is 2. The minimum Gasteiger partial charge on any atom is -0.365 e. The average Bonchev–Trinajstić information content (AvgIpc) is 2.77. The number of anilines is 1. The summed E-state index contributed by atoms with van der Waals surface area (Å²) in [5, 5.41) is 7.88. The molecule has 2 aliphatic heterocycles. The van der Waals surface area contributed by atoms with E-state index in [0.29, 0.717) is 0 Å². The molecule has 14 heavy (non-hydrogen) atoms. The molecule has 3 rings (SSSR count). The van der Waals surface area contributed by atoms with Gasteiger partial charge in [0, 0.05) is 17.5 Å².